The maximum atomic E-state index is 14.2. The molecule has 0 aliphatic carbocycles. The molecule has 6 aromatic rings. The fourth-order valence-electron chi connectivity index (χ4n) is 4.60. The van der Waals surface area contributed by atoms with Gasteiger partial charge in [0.15, 0.2) is 17.2 Å². The molecule has 8 nitrogen and oxygen atoms in total. The van der Waals surface area contributed by atoms with E-state index in [9.17, 15) is 18.7 Å². The van der Waals surface area contributed by atoms with Crippen LogP contribution in [0, 0.1) is 11.6 Å². The molecule has 0 amide bonds. The molecular formula is C28H19F2N5O3. The zero-order valence-electron chi connectivity index (χ0n) is 19.9. The lowest BCUT2D eigenvalue weighted by molar-refractivity contribution is 0.432. The Labute approximate surface area is 213 Å². The summed E-state index contributed by atoms with van der Waals surface area (Å²) in [6, 6.07) is 15.6. The van der Waals surface area contributed by atoms with Crippen LogP contribution in [0.2, 0.25) is 0 Å². The van der Waals surface area contributed by atoms with Crippen LogP contribution in [-0.4, -0.2) is 24.9 Å². The van der Waals surface area contributed by atoms with Gasteiger partial charge in [-0.15, -0.1) is 0 Å². The first kappa shape index (κ1) is 23.3. The molecule has 3 N–H and O–H groups in total. The summed E-state index contributed by atoms with van der Waals surface area (Å²) in [7, 11) is 0. The largest absolute Gasteiger partial charge is 0.505 e. The van der Waals surface area contributed by atoms with Crippen molar-refractivity contribution in [1.82, 2.24) is 19.7 Å². The molecular weight excluding hydrogens is 492 g/mol. The van der Waals surface area contributed by atoms with Gasteiger partial charge >= 0.3 is 0 Å². The first-order valence-electron chi connectivity index (χ1n) is 11.6. The molecule has 3 heterocycles. The zero-order valence-corrected chi connectivity index (χ0v) is 19.9. The fraction of sp³-hybridized carbons (Fsp3) is 0.0714. The molecule has 3 aromatic heterocycles. The van der Waals surface area contributed by atoms with Crippen molar-refractivity contribution in [3.8, 4) is 28.1 Å². The summed E-state index contributed by atoms with van der Waals surface area (Å²) in [5.41, 5.74) is 7.66. The molecule has 10 heteroatoms. The third kappa shape index (κ3) is 3.65. The van der Waals surface area contributed by atoms with Gasteiger partial charge in [-0.3, -0.25) is 4.79 Å². The van der Waals surface area contributed by atoms with E-state index in [2.05, 4.69) is 15.1 Å². The Kier molecular flexibility index (Phi) is 5.37. The van der Waals surface area contributed by atoms with Gasteiger partial charge in [0.2, 0.25) is 5.43 Å². The minimum absolute atomic E-state index is 0.113. The van der Waals surface area contributed by atoms with Crippen molar-refractivity contribution in [2.75, 3.05) is 5.73 Å². The number of nitrogens with two attached hydrogens (primary N) is 1. The van der Waals surface area contributed by atoms with Crippen LogP contribution in [0.5, 0.6) is 5.75 Å². The number of para-hydroxylation sites is 1. The van der Waals surface area contributed by atoms with Gasteiger partial charge in [0.1, 0.15) is 41.0 Å². The normalized spacial score (nSPS) is 12.3. The van der Waals surface area contributed by atoms with E-state index in [1.807, 2.05) is 0 Å². The van der Waals surface area contributed by atoms with Gasteiger partial charge < -0.3 is 15.3 Å². The number of benzene rings is 3. The summed E-state index contributed by atoms with van der Waals surface area (Å²) in [4.78, 5) is 22.1. The SMILES string of the molecule is CC(c1oc2ccccc2c(=O)c1-c1cccc(F)c1)n1nc(-c2ccc(O)c(F)c2)c2c(N)ncnc21. The van der Waals surface area contributed by atoms with Crippen LogP contribution in [0.1, 0.15) is 18.7 Å². The summed E-state index contributed by atoms with van der Waals surface area (Å²) in [6.07, 6.45) is 1.27. The first-order chi connectivity index (χ1) is 18.3. The van der Waals surface area contributed by atoms with E-state index in [0.717, 1.165) is 6.07 Å². The summed E-state index contributed by atoms with van der Waals surface area (Å²) < 4.78 is 36.2. The van der Waals surface area contributed by atoms with E-state index >= 15 is 0 Å². The Morgan fingerprint density at radius 2 is 1.82 bits per heavy atom. The molecule has 1 unspecified atom stereocenters. The summed E-state index contributed by atoms with van der Waals surface area (Å²) in [5, 5.41) is 15.0. The third-order valence-electron chi connectivity index (χ3n) is 6.42. The molecule has 0 aliphatic heterocycles. The molecule has 0 fully saturated rings. The summed E-state index contributed by atoms with van der Waals surface area (Å²) in [6.45, 7) is 1.75. The highest BCUT2D eigenvalue weighted by atomic mass is 19.1. The molecule has 1 atom stereocenters. The molecule has 0 radical (unpaired) electrons. The van der Waals surface area contributed by atoms with E-state index < -0.39 is 23.4 Å². The average molecular weight is 511 g/mol. The smallest absolute Gasteiger partial charge is 0.200 e. The molecule has 0 aliphatic rings. The number of phenolic OH excluding ortho intramolecular Hbond substituents is 1. The minimum atomic E-state index is -0.831. The van der Waals surface area contributed by atoms with Crippen molar-refractivity contribution in [1.29, 1.82) is 0 Å². The highest BCUT2D eigenvalue weighted by Gasteiger charge is 2.27. The molecule has 6 rings (SSSR count). The van der Waals surface area contributed by atoms with Crippen LogP contribution in [0.4, 0.5) is 14.6 Å². The lowest BCUT2D eigenvalue weighted by atomic mass is 9.99. The van der Waals surface area contributed by atoms with Crippen LogP contribution in [0.15, 0.2) is 82.3 Å². The molecule has 188 valence electrons. The number of nitrogens with zero attached hydrogens (tertiary/aromatic N) is 4. The van der Waals surface area contributed by atoms with Crippen molar-refractivity contribution in [3.63, 3.8) is 0 Å². The average Bonchev–Trinajstić information content (AvgIpc) is 3.31. The van der Waals surface area contributed by atoms with Gasteiger partial charge in [-0.2, -0.15) is 5.10 Å². The standard InChI is InChI=1S/C28H19F2N5O3/c1-14(26-22(15-5-4-6-17(29)11-15)25(37)18-7-2-3-8-21(18)38-26)35-28-23(27(31)32-13-33-28)24(34-35)16-9-10-20(36)19(30)12-16/h2-14,36H,1H3,(H2,31,32,33). The van der Waals surface area contributed by atoms with Crippen LogP contribution in [0.3, 0.4) is 0 Å². The molecule has 0 spiro atoms. The Morgan fingerprint density at radius 3 is 2.61 bits per heavy atom. The molecule has 0 saturated heterocycles. The Bertz CT molecular complexity index is 1930. The second-order valence-corrected chi connectivity index (χ2v) is 8.77. The van der Waals surface area contributed by atoms with E-state index in [1.165, 1.54) is 41.3 Å². The highest BCUT2D eigenvalue weighted by Crippen LogP contribution is 2.37. The van der Waals surface area contributed by atoms with Crippen molar-refractivity contribution in [3.05, 3.63) is 101 Å². The van der Waals surface area contributed by atoms with E-state index in [-0.39, 0.29) is 28.3 Å². The highest BCUT2D eigenvalue weighted by molar-refractivity contribution is 5.98. The predicted molar refractivity (Wildman–Crippen MR) is 138 cm³/mol. The van der Waals surface area contributed by atoms with Crippen molar-refractivity contribution in [2.24, 2.45) is 0 Å². The number of nitrogen functional groups attached to an aromatic ring is 1. The van der Waals surface area contributed by atoms with Crippen molar-refractivity contribution in [2.45, 2.75) is 13.0 Å². The fourth-order valence-corrected chi connectivity index (χ4v) is 4.60. The zero-order chi connectivity index (χ0) is 26.6. The van der Waals surface area contributed by atoms with E-state index in [0.29, 0.717) is 33.1 Å². The van der Waals surface area contributed by atoms with Gasteiger partial charge in [0.25, 0.3) is 0 Å². The van der Waals surface area contributed by atoms with Crippen molar-refractivity contribution >= 4 is 27.8 Å². The molecule has 0 bridgehead atoms. The number of anilines is 1. The number of aromatic hydroxyl groups is 1. The van der Waals surface area contributed by atoms with Gasteiger partial charge in [0, 0.05) is 5.56 Å². The number of rotatable bonds is 4. The van der Waals surface area contributed by atoms with Crippen LogP contribution in [0.25, 0.3) is 44.4 Å². The maximum Gasteiger partial charge on any atom is 0.200 e. The second-order valence-electron chi connectivity index (χ2n) is 8.77. The Morgan fingerprint density at radius 1 is 1.00 bits per heavy atom. The molecule has 0 saturated carbocycles. The summed E-state index contributed by atoms with van der Waals surface area (Å²) in [5.74, 6) is -1.50. The predicted octanol–water partition coefficient (Wildman–Crippen LogP) is 5.44. The number of hydrogen-bond acceptors (Lipinski definition) is 7. The third-order valence-corrected chi connectivity index (χ3v) is 6.42. The lowest BCUT2D eigenvalue weighted by Gasteiger charge is -2.17. The van der Waals surface area contributed by atoms with E-state index in [1.54, 1.807) is 37.3 Å². The number of phenols is 1. The molecule has 3 aromatic carbocycles. The maximum absolute atomic E-state index is 14.2. The van der Waals surface area contributed by atoms with E-state index in [4.69, 9.17) is 10.2 Å². The van der Waals surface area contributed by atoms with Crippen LogP contribution < -0.4 is 11.2 Å². The van der Waals surface area contributed by atoms with Gasteiger partial charge in [-0.1, -0.05) is 24.3 Å². The summed E-state index contributed by atoms with van der Waals surface area (Å²) >= 11 is 0. The lowest BCUT2D eigenvalue weighted by Crippen LogP contribution is -2.16. The number of halogens is 2. The Balaban J connectivity index is 1.64. The van der Waals surface area contributed by atoms with Crippen LogP contribution in [-0.2, 0) is 0 Å². The van der Waals surface area contributed by atoms with Gasteiger partial charge in [-0.05, 0) is 55.0 Å². The quantitative estimate of drug-likeness (QED) is 0.323. The topological polar surface area (TPSA) is 120 Å². The number of hydrogen-bond donors (Lipinski definition) is 2. The number of aromatic nitrogens is 4. The van der Waals surface area contributed by atoms with Gasteiger partial charge in [0.05, 0.1) is 16.3 Å². The second kappa shape index (κ2) is 8.77. The van der Waals surface area contributed by atoms with Gasteiger partial charge in [-0.25, -0.2) is 23.4 Å². The monoisotopic (exact) mass is 511 g/mol. The van der Waals surface area contributed by atoms with Crippen LogP contribution >= 0.6 is 0 Å². The first-order valence-corrected chi connectivity index (χ1v) is 11.6. The number of fused-ring (bicyclic) bond motifs is 2. The minimum Gasteiger partial charge on any atom is -0.505 e. The van der Waals surface area contributed by atoms with Crippen molar-refractivity contribution < 1.29 is 18.3 Å². The Hall–Kier alpha value is -5.12. The molecule has 38 heavy (non-hydrogen) atoms.